The summed E-state index contributed by atoms with van der Waals surface area (Å²) in [5.74, 6) is 0. The van der Waals surface area contributed by atoms with Gasteiger partial charge in [0.05, 0.1) is 19.8 Å². The van der Waals surface area contributed by atoms with E-state index in [4.69, 9.17) is 14.6 Å². The smallest absolute Gasteiger partial charge is 0.110 e. The normalized spacial score (nSPS) is 22.2. The molecular weight excluding hydrogens is 180 g/mol. The predicted octanol–water partition coefficient (Wildman–Crippen LogP) is 1.43. The molecule has 0 bridgehead atoms. The van der Waals surface area contributed by atoms with E-state index in [9.17, 15) is 0 Å². The van der Waals surface area contributed by atoms with Crippen LogP contribution in [0.1, 0.15) is 17.2 Å². The lowest BCUT2D eigenvalue weighted by Gasteiger charge is -2.24. The highest BCUT2D eigenvalue weighted by Gasteiger charge is 2.18. The lowest BCUT2D eigenvalue weighted by molar-refractivity contribution is -0.0533. The quantitative estimate of drug-likeness (QED) is 0.772. The fourth-order valence-corrected chi connectivity index (χ4v) is 1.57. The van der Waals surface area contributed by atoms with Gasteiger partial charge in [0.15, 0.2) is 0 Å². The summed E-state index contributed by atoms with van der Waals surface area (Å²) in [6, 6.07) is 7.70. The summed E-state index contributed by atoms with van der Waals surface area (Å²) < 4.78 is 10.7. The Morgan fingerprint density at radius 2 is 2.21 bits per heavy atom. The van der Waals surface area contributed by atoms with Crippen molar-refractivity contribution in [2.24, 2.45) is 0 Å². The van der Waals surface area contributed by atoms with E-state index in [1.807, 2.05) is 24.3 Å². The number of hydrogen-bond acceptors (Lipinski definition) is 3. The third-order valence-electron chi connectivity index (χ3n) is 2.29. The first-order valence-electron chi connectivity index (χ1n) is 4.65. The minimum atomic E-state index is -0.0768. The number of benzene rings is 1. The van der Waals surface area contributed by atoms with Crippen molar-refractivity contribution in [1.82, 2.24) is 0 Å². The average Bonchev–Trinajstić information content (AvgIpc) is 2.30. The van der Waals surface area contributed by atoms with E-state index >= 15 is 0 Å². The standard InChI is InChI=1S/C11H13O3/c12-7-9-3-1-2-4-10(9)11-8-13-5-6-14-11/h1-4,6,11-12H,5,7-8H2. The highest BCUT2D eigenvalue weighted by Crippen LogP contribution is 2.25. The van der Waals surface area contributed by atoms with E-state index in [0.29, 0.717) is 13.2 Å². The molecule has 0 amide bonds. The molecule has 14 heavy (non-hydrogen) atoms. The van der Waals surface area contributed by atoms with Crippen molar-refractivity contribution in [3.05, 3.63) is 42.0 Å². The lowest BCUT2D eigenvalue weighted by atomic mass is 10.0. The molecule has 0 aromatic heterocycles. The molecule has 3 heteroatoms. The highest BCUT2D eigenvalue weighted by atomic mass is 16.6. The second-order valence-corrected chi connectivity index (χ2v) is 3.19. The zero-order chi connectivity index (χ0) is 9.80. The van der Waals surface area contributed by atoms with Crippen LogP contribution in [0, 0.1) is 6.61 Å². The van der Waals surface area contributed by atoms with Gasteiger partial charge in [0.1, 0.15) is 12.7 Å². The second-order valence-electron chi connectivity index (χ2n) is 3.19. The third-order valence-corrected chi connectivity index (χ3v) is 2.29. The van der Waals surface area contributed by atoms with Crippen molar-refractivity contribution in [3.8, 4) is 0 Å². The van der Waals surface area contributed by atoms with Gasteiger partial charge in [-0.3, -0.25) is 0 Å². The largest absolute Gasteiger partial charge is 0.392 e. The van der Waals surface area contributed by atoms with Gasteiger partial charge in [0, 0.05) is 0 Å². The minimum Gasteiger partial charge on any atom is -0.392 e. The van der Waals surface area contributed by atoms with E-state index in [1.54, 1.807) is 6.61 Å². The molecule has 1 N–H and O–H groups in total. The Balaban J connectivity index is 2.20. The Labute approximate surface area is 83.3 Å². The summed E-state index contributed by atoms with van der Waals surface area (Å²) in [6.07, 6.45) is -0.0768. The van der Waals surface area contributed by atoms with Crippen molar-refractivity contribution in [1.29, 1.82) is 0 Å². The molecule has 1 heterocycles. The Kier molecular flexibility index (Phi) is 3.14. The van der Waals surface area contributed by atoms with Crippen LogP contribution in [-0.4, -0.2) is 18.3 Å². The minimum absolute atomic E-state index is 0.0377. The zero-order valence-corrected chi connectivity index (χ0v) is 7.85. The van der Waals surface area contributed by atoms with E-state index in [0.717, 1.165) is 11.1 Å². The van der Waals surface area contributed by atoms with E-state index in [2.05, 4.69) is 0 Å². The van der Waals surface area contributed by atoms with Crippen LogP contribution in [0.4, 0.5) is 0 Å². The lowest BCUT2D eigenvalue weighted by Crippen LogP contribution is -2.19. The van der Waals surface area contributed by atoms with Gasteiger partial charge in [-0.15, -0.1) is 0 Å². The summed E-state index contributed by atoms with van der Waals surface area (Å²) in [5, 5.41) is 9.14. The molecule has 1 aliphatic heterocycles. The maximum Gasteiger partial charge on any atom is 0.110 e. The molecule has 1 aliphatic rings. The molecule has 2 rings (SSSR count). The molecule has 75 valence electrons. The molecule has 1 radical (unpaired) electrons. The van der Waals surface area contributed by atoms with Crippen molar-refractivity contribution in [2.75, 3.05) is 13.2 Å². The Morgan fingerprint density at radius 1 is 1.36 bits per heavy atom. The van der Waals surface area contributed by atoms with Crippen LogP contribution < -0.4 is 0 Å². The molecule has 1 saturated heterocycles. The first-order chi connectivity index (χ1) is 6.92. The van der Waals surface area contributed by atoms with Gasteiger partial charge in [0.2, 0.25) is 0 Å². The van der Waals surface area contributed by atoms with Crippen LogP contribution >= 0.6 is 0 Å². The number of hydrogen-bond donors (Lipinski definition) is 1. The van der Waals surface area contributed by atoms with Crippen molar-refractivity contribution < 1.29 is 14.6 Å². The van der Waals surface area contributed by atoms with Crippen molar-refractivity contribution in [2.45, 2.75) is 12.7 Å². The molecule has 0 aliphatic carbocycles. The van der Waals surface area contributed by atoms with Gasteiger partial charge in [-0.25, -0.2) is 0 Å². The Bertz CT molecular complexity index is 292. The van der Waals surface area contributed by atoms with Gasteiger partial charge in [-0.2, -0.15) is 0 Å². The summed E-state index contributed by atoms with van der Waals surface area (Å²) in [5.41, 5.74) is 1.90. The third kappa shape index (κ3) is 1.95. The molecule has 0 spiro atoms. The van der Waals surface area contributed by atoms with E-state index in [1.165, 1.54) is 0 Å². The summed E-state index contributed by atoms with van der Waals surface area (Å²) >= 11 is 0. The molecule has 1 atom stereocenters. The van der Waals surface area contributed by atoms with E-state index in [-0.39, 0.29) is 12.7 Å². The van der Waals surface area contributed by atoms with Crippen LogP contribution in [-0.2, 0) is 16.1 Å². The fourth-order valence-electron chi connectivity index (χ4n) is 1.57. The summed E-state index contributed by atoms with van der Waals surface area (Å²) in [4.78, 5) is 0. The first kappa shape index (κ1) is 9.65. The van der Waals surface area contributed by atoms with Gasteiger partial charge in [0.25, 0.3) is 0 Å². The van der Waals surface area contributed by atoms with Gasteiger partial charge >= 0.3 is 0 Å². The maximum atomic E-state index is 9.14. The van der Waals surface area contributed by atoms with Gasteiger partial charge in [-0.1, -0.05) is 24.3 Å². The fraction of sp³-hybridized carbons (Fsp3) is 0.364. The summed E-state index contributed by atoms with van der Waals surface area (Å²) in [7, 11) is 0. The van der Waals surface area contributed by atoms with Crippen LogP contribution in [0.25, 0.3) is 0 Å². The molecule has 1 aromatic carbocycles. The van der Waals surface area contributed by atoms with Crippen molar-refractivity contribution in [3.63, 3.8) is 0 Å². The molecule has 1 unspecified atom stereocenters. The number of aliphatic hydroxyl groups is 1. The zero-order valence-electron chi connectivity index (χ0n) is 7.85. The monoisotopic (exact) mass is 193 g/mol. The second kappa shape index (κ2) is 4.55. The highest BCUT2D eigenvalue weighted by molar-refractivity contribution is 5.28. The molecule has 1 fully saturated rings. The molecule has 0 saturated carbocycles. The Hall–Kier alpha value is -0.900. The molecular formula is C11H13O3. The average molecular weight is 193 g/mol. The summed E-state index contributed by atoms with van der Waals surface area (Å²) in [6.45, 7) is 2.78. The predicted molar refractivity (Wildman–Crippen MR) is 51.3 cm³/mol. The van der Waals surface area contributed by atoms with Crippen LogP contribution in [0.3, 0.4) is 0 Å². The molecule has 1 aromatic rings. The van der Waals surface area contributed by atoms with Crippen LogP contribution in [0.5, 0.6) is 0 Å². The maximum absolute atomic E-state index is 9.14. The van der Waals surface area contributed by atoms with Gasteiger partial charge < -0.3 is 14.6 Å². The number of rotatable bonds is 2. The number of ether oxygens (including phenoxy) is 2. The van der Waals surface area contributed by atoms with Crippen LogP contribution in [0.2, 0.25) is 0 Å². The number of aliphatic hydroxyl groups excluding tert-OH is 1. The SMILES string of the molecule is OCc1ccccc1C1COC[CH]O1. The van der Waals surface area contributed by atoms with Crippen molar-refractivity contribution >= 4 is 0 Å². The van der Waals surface area contributed by atoms with E-state index < -0.39 is 0 Å². The first-order valence-corrected chi connectivity index (χ1v) is 4.65. The topological polar surface area (TPSA) is 38.7 Å². The van der Waals surface area contributed by atoms with Gasteiger partial charge in [-0.05, 0) is 11.1 Å². The van der Waals surface area contributed by atoms with Crippen LogP contribution in [0.15, 0.2) is 24.3 Å². The Morgan fingerprint density at radius 3 is 2.93 bits per heavy atom. The molecule has 3 nitrogen and oxygen atoms in total.